The van der Waals surface area contributed by atoms with Crippen LogP contribution in [0.15, 0.2) is 48.6 Å². The number of phosphoric ester groups is 1. The first kappa shape index (κ1) is 36.5. The summed E-state index contributed by atoms with van der Waals surface area (Å²) in [6.45, 7) is 4.48. The Morgan fingerprint density at radius 3 is 2.05 bits per heavy atom. The Kier molecular flexibility index (Phi) is 21.4. The molecule has 0 aromatic carbocycles. The van der Waals surface area contributed by atoms with Crippen LogP contribution in [-0.4, -0.2) is 73.4 Å². The van der Waals surface area contributed by atoms with Crippen molar-refractivity contribution in [3.05, 3.63) is 48.6 Å². The predicted octanol–water partition coefficient (Wildman–Crippen LogP) is 5.84. The minimum absolute atomic E-state index is 0.0578. The number of likely N-dealkylation sites (N-methyl/N-ethyl adjacent to an activating group) is 1. The van der Waals surface area contributed by atoms with Crippen molar-refractivity contribution in [1.82, 2.24) is 5.32 Å². The fourth-order valence-corrected chi connectivity index (χ4v) is 4.02. The van der Waals surface area contributed by atoms with Gasteiger partial charge in [0.1, 0.15) is 13.2 Å². The fourth-order valence-electron chi connectivity index (χ4n) is 3.29. The number of allylic oxidation sites excluding steroid dienone is 8. The maximum Gasteiger partial charge on any atom is 0.472 e. The molecule has 38 heavy (non-hydrogen) atoms. The van der Waals surface area contributed by atoms with Gasteiger partial charge < -0.3 is 19.8 Å². The molecular formula is C29H54N2O6P+. The zero-order chi connectivity index (χ0) is 28.7. The van der Waals surface area contributed by atoms with Crippen molar-refractivity contribution < 1.29 is 32.9 Å². The molecule has 9 heteroatoms. The van der Waals surface area contributed by atoms with E-state index >= 15 is 0 Å². The lowest BCUT2D eigenvalue weighted by Gasteiger charge is -2.26. The average Bonchev–Trinajstić information content (AvgIpc) is 2.83. The smallest absolute Gasteiger partial charge is 0.391 e. The van der Waals surface area contributed by atoms with E-state index in [1.165, 1.54) is 0 Å². The van der Waals surface area contributed by atoms with Gasteiger partial charge in [0.2, 0.25) is 5.91 Å². The first-order valence-corrected chi connectivity index (χ1v) is 15.5. The maximum atomic E-state index is 12.5. The van der Waals surface area contributed by atoms with Crippen LogP contribution >= 0.6 is 7.82 Å². The third kappa shape index (κ3) is 23.6. The molecule has 3 N–H and O–H groups in total. The maximum absolute atomic E-state index is 12.5. The Balaban J connectivity index is 4.56. The van der Waals surface area contributed by atoms with Crippen molar-refractivity contribution in [3.63, 3.8) is 0 Å². The molecule has 0 bridgehead atoms. The monoisotopic (exact) mass is 557 g/mol. The normalized spacial score (nSPS) is 16.1. The second-order valence-electron chi connectivity index (χ2n) is 10.4. The molecule has 3 unspecified atom stereocenters. The molecule has 3 atom stereocenters. The van der Waals surface area contributed by atoms with Gasteiger partial charge in [0, 0.05) is 6.42 Å². The molecule has 0 aliphatic carbocycles. The van der Waals surface area contributed by atoms with E-state index in [0.29, 0.717) is 23.9 Å². The summed E-state index contributed by atoms with van der Waals surface area (Å²) in [5.74, 6) is -0.241. The molecular weight excluding hydrogens is 503 g/mol. The Bertz CT molecular complexity index is 774. The van der Waals surface area contributed by atoms with Gasteiger partial charge in [-0.1, -0.05) is 81.7 Å². The summed E-state index contributed by atoms with van der Waals surface area (Å²) >= 11 is 0. The second kappa shape index (κ2) is 22.3. The van der Waals surface area contributed by atoms with Gasteiger partial charge in [0.05, 0.1) is 39.9 Å². The van der Waals surface area contributed by atoms with Crippen LogP contribution in [0.1, 0.15) is 78.1 Å². The van der Waals surface area contributed by atoms with Gasteiger partial charge in [-0.3, -0.25) is 13.8 Å². The summed E-state index contributed by atoms with van der Waals surface area (Å²) in [5.41, 5.74) is 0. The standard InChI is InChI=1S/C29H53N2O6P/c1-6-8-10-11-12-13-14-15-16-17-18-19-21-23-29(33)30-27(28(32)22-20-9-7-2)26-37-38(34,35)36-25-24-31(3,4)5/h8,10,12-13,15-16,18-19,27-28,32H,6-7,9,11,14,17,20-26H2,1-5H3,(H-,30,33,34,35)/p+1/b10-8-,13-12-,16-15-,19-18-. The number of carbonyl (C=O) groups is 1. The SMILES string of the molecule is CC/C=C\C/C=C\C/C=C\C/C=C\CCC(=O)NC(COP(=O)(O)OCC[N+](C)(C)C)C(O)CCCCC. The largest absolute Gasteiger partial charge is 0.472 e. The molecule has 0 fully saturated rings. The van der Waals surface area contributed by atoms with Gasteiger partial charge in [-0.05, 0) is 38.5 Å². The highest BCUT2D eigenvalue weighted by Gasteiger charge is 2.28. The molecule has 0 spiro atoms. The van der Waals surface area contributed by atoms with Crippen molar-refractivity contribution in [3.8, 4) is 0 Å². The minimum atomic E-state index is -4.30. The molecule has 0 rings (SSSR count). The molecule has 220 valence electrons. The van der Waals surface area contributed by atoms with E-state index in [1.807, 2.05) is 33.3 Å². The zero-order valence-electron chi connectivity index (χ0n) is 24.4. The van der Waals surface area contributed by atoms with Gasteiger partial charge in [0.25, 0.3) is 0 Å². The third-order valence-corrected chi connectivity index (χ3v) is 6.59. The number of quaternary nitrogens is 1. The second-order valence-corrected chi connectivity index (χ2v) is 11.8. The Hall–Kier alpha value is -1.54. The number of nitrogens with one attached hydrogen (secondary N) is 1. The summed E-state index contributed by atoms with van der Waals surface area (Å²) in [4.78, 5) is 22.5. The summed E-state index contributed by atoms with van der Waals surface area (Å²) in [7, 11) is 1.55. The van der Waals surface area contributed by atoms with Crippen molar-refractivity contribution in [2.24, 2.45) is 0 Å². The number of aliphatic hydroxyl groups is 1. The number of carbonyl (C=O) groups excluding carboxylic acids is 1. The molecule has 0 heterocycles. The lowest BCUT2D eigenvalue weighted by atomic mass is 10.0. The summed E-state index contributed by atoms with van der Waals surface area (Å²) in [6, 6.07) is -0.792. The van der Waals surface area contributed by atoms with Crippen LogP contribution in [0.2, 0.25) is 0 Å². The Labute approximate surface area is 231 Å². The third-order valence-electron chi connectivity index (χ3n) is 5.60. The van der Waals surface area contributed by atoms with Crippen molar-refractivity contribution in [2.45, 2.75) is 90.2 Å². The number of aliphatic hydroxyl groups excluding tert-OH is 1. The van der Waals surface area contributed by atoms with Crippen LogP contribution in [0.3, 0.4) is 0 Å². The molecule has 0 radical (unpaired) electrons. The first-order chi connectivity index (χ1) is 18.0. The summed E-state index contributed by atoms with van der Waals surface area (Å²) < 4.78 is 23.0. The van der Waals surface area contributed by atoms with E-state index in [2.05, 4.69) is 55.6 Å². The summed E-state index contributed by atoms with van der Waals surface area (Å²) in [5, 5.41) is 13.4. The van der Waals surface area contributed by atoms with Gasteiger partial charge in [0.15, 0.2) is 0 Å². The van der Waals surface area contributed by atoms with Crippen LogP contribution in [0.25, 0.3) is 0 Å². The Morgan fingerprint density at radius 2 is 1.50 bits per heavy atom. The van der Waals surface area contributed by atoms with Crippen molar-refractivity contribution in [2.75, 3.05) is 40.9 Å². The van der Waals surface area contributed by atoms with Gasteiger partial charge in [-0.25, -0.2) is 4.57 Å². The molecule has 1 amide bonds. The number of phosphoric acid groups is 1. The number of hydrogen-bond donors (Lipinski definition) is 3. The molecule has 0 aliphatic heterocycles. The van der Waals surface area contributed by atoms with Crippen LogP contribution in [-0.2, 0) is 18.4 Å². The quantitative estimate of drug-likeness (QED) is 0.0631. The van der Waals surface area contributed by atoms with E-state index in [9.17, 15) is 19.4 Å². The van der Waals surface area contributed by atoms with Gasteiger partial charge in [-0.2, -0.15) is 0 Å². The van der Waals surface area contributed by atoms with Crippen LogP contribution in [0, 0.1) is 0 Å². The number of amides is 1. The highest BCUT2D eigenvalue weighted by atomic mass is 31.2. The average molecular weight is 558 g/mol. The summed E-state index contributed by atoms with van der Waals surface area (Å²) in [6.07, 6.45) is 23.7. The van der Waals surface area contributed by atoms with E-state index in [-0.39, 0.29) is 25.5 Å². The highest BCUT2D eigenvalue weighted by Crippen LogP contribution is 2.43. The van der Waals surface area contributed by atoms with Gasteiger partial charge >= 0.3 is 7.82 Å². The number of rotatable bonds is 23. The Morgan fingerprint density at radius 1 is 0.921 bits per heavy atom. The molecule has 0 aromatic heterocycles. The minimum Gasteiger partial charge on any atom is -0.391 e. The van der Waals surface area contributed by atoms with E-state index < -0.39 is 20.0 Å². The zero-order valence-corrected chi connectivity index (χ0v) is 25.3. The topological polar surface area (TPSA) is 105 Å². The molecule has 8 nitrogen and oxygen atoms in total. The fraction of sp³-hybridized carbons (Fsp3) is 0.690. The van der Waals surface area contributed by atoms with Crippen LogP contribution in [0.5, 0.6) is 0 Å². The lowest BCUT2D eigenvalue weighted by molar-refractivity contribution is -0.870. The predicted molar refractivity (Wildman–Crippen MR) is 157 cm³/mol. The van der Waals surface area contributed by atoms with Crippen LogP contribution < -0.4 is 5.32 Å². The number of nitrogens with zero attached hydrogens (tertiary/aromatic N) is 1. The number of unbranched alkanes of at least 4 members (excludes halogenated alkanes) is 2. The van der Waals surface area contributed by atoms with E-state index in [4.69, 9.17) is 9.05 Å². The number of hydrogen-bond acceptors (Lipinski definition) is 5. The van der Waals surface area contributed by atoms with Gasteiger partial charge in [-0.15, -0.1) is 0 Å². The first-order valence-electron chi connectivity index (χ1n) is 14.0. The van der Waals surface area contributed by atoms with E-state index in [0.717, 1.165) is 44.9 Å². The molecule has 0 aromatic rings. The van der Waals surface area contributed by atoms with E-state index in [1.54, 1.807) is 0 Å². The molecule has 0 saturated carbocycles. The molecule has 0 aliphatic rings. The van der Waals surface area contributed by atoms with Crippen molar-refractivity contribution >= 4 is 13.7 Å². The lowest BCUT2D eigenvalue weighted by Crippen LogP contribution is -2.46. The van der Waals surface area contributed by atoms with Crippen molar-refractivity contribution in [1.29, 1.82) is 0 Å². The molecule has 0 saturated heterocycles. The highest BCUT2D eigenvalue weighted by molar-refractivity contribution is 7.47. The van der Waals surface area contributed by atoms with Crippen LogP contribution in [0.4, 0.5) is 0 Å².